The Kier molecular flexibility index (Phi) is 6.04. The highest BCUT2D eigenvalue weighted by Gasteiger charge is 2.11. The Morgan fingerprint density at radius 2 is 1.72 bits per heavy atom. The number of amides is 2. The molecule has 9 heteroatoms. The van der Waals surface area contributed by atoms with Gasteiger partial charge in [-0.1, -0.05) is 17.7 Å². The van der Waals surface area contributed by atoms with Crippen LogP contribution in [0.5, 0.6) is 11.6 Å². The summed E-state index contributed by atoms with van der Waals surface area (Å²) in [5, 5.41) is 10.6. The van der Waals surface area contributed by atoms with Crippen LogP contribution in [0.3, 0.4) is 0 Å². The lowest BCUT2D eigenvalue weighted by Crippen LogP contribution is -2.19. The molecule has 0 fully saturated rings. The Morgan fingerprint density at radius 3 is 2.41 bits per heavy atom. The predicted molar refractivity (Wildman–Crippen MR) is 124 cm³/mol. The van der Waals surface area contributed by atoms with Crippen molar-refractivity contribution in [3.05, 3.63) is 82.9 Å². The first kappa shape index (κ1) is 21.3. The first-order chi connectivity index (χ1) is 15.4. The third-order valence-corrected chi connectivity index (χ3v) is 5.15. The van der Waals surface area contributed by atoms with Gasteiger partial charge in [-0.05, 0) is 68.8 Å². The molecule has 0 aliphatic heterocycles. The van der Waals surface area contributed by atoms with Crippen LogP contribution < -0.4 is 15.4 Å². The minimum Gasteiger partial charge on any atom is -0.439 e. The molecule has 0 saturated carbocycles. The van der Waals surface area contributed by atoms with E-state index in [2.05, 4.69) is 25.7 Å². The Morgan fingerprint density at radius 1 is 0.969 bits per heavy atom. The maximum atomic E-state index is 12.2. The van der Waals surface area contributed by atoms with Gasteiger partial charge >= 0.3 is 6.03 Å². The van der Waals surface area contributed by atoms with E-state index in [1.807, 2.05) is 20.8 Å². The topological polar surface area (TPSA) is 94.0 Å². The van der Waals surface area contributed by atoms with Crippen LogP contribution in [0.15, 0.2) is 60.9 Å². The third-order valence-electron chi connectivity index (χ3n) is 4.91. The average molecular weight is 449 g/mol. The van der Waals surface area contributed by atoms with Crippen LogP contribution >= 0.6 is 11.6 Å². The molecule has 0 aliphatic rings. The molecule has 32 heavy (non-hydrogen) atoms. The second kappa shape index (κ2) is 9.07. The third kappa shape index (κ3) is 4.87. The van der Waals surface area contributed by atoms with E-state index < -0.39 is 0 Å². The van der Waals surface area contributed by atoms with Crippen molar-refractivity contribution in [3.8, 4) is 17.4 Å². The highest BCUT2D eigenvalue weighted by Crippen LogP contribution is 2.24. The van der Waals surface area contributed by atoms with Gasteiger partial charge in [0, 0.05) is 28.2 Å². The van der Waals surface area contributed by atoms with Crippen LogP contribution in [0.4, 0.5) is 16.2 Å². The fourth-order valence-corrected chi connectivity index (χ4v) is 3.22. The largest absolute Gasteiger partial charge is 0.439 e. The summed E-state index contributed by atoms with van der Waals surface area (Å²) in [5.41, 5.74) is 4.30. The first-order valence-electron chi connectivity index (χ1n) is 9.86. The second-order valence-electron chi connectivity index (χ2n) is 7.14. The number of urea groups is 1. The van der Waals surface area contributed by atoms with Gasteiger partial charge in [0.05, 0.1) is 5.69 Å². The van der Waals surface area contributed by atoms with Crippen molar-refractivity contribution in [2.45, 2.75) is 20.8 Å². The molecule has 0 atom stereocenters. The predicted octanol–water partition coefficient (Wildman–Crippen LogP) is 5.68. The normalized spacial score (nSPS) is 10.6. The minimum atomic E-state index is -0.374. The average Bonchev–Trinajstić information content (AvgIpc) is 3.03. The van der Waals surface area contributed by atoms with Crippen LogP contribution in [-0.2, 0) is 0 Å². The molecule has 4 rings (SSSR count). The molecular formula is C23H21ClN6O2. The van der Waals surface area contributed by atoms with E-state index in [-0.39, 0.29) is 6.03 Å². The van der Waals surface area contributed by atoms with Gasteiger partial charge in [0.15, 0.2) is 5.82 Å². The number of ether oxygens (including phenoxy) is 1. The number of halogens is 1. The summed E-state index contributed by atoms with van der Waals surface area (Å²) in [6.07, 6.45) is 1.44. The first-order valence-corrected chi connectivity index (χ1v) is 10.2. The number of aryl methyl sites for hydroxylation is 1. The lowest BCUT2D eigenvalue weighted by molar-refractivity contribution is 0.262. The summed E-state index contributed by atoms with van der Waals surface area (Å²) in [7, 11) is 0. The maximum absolute atomic E-state index is 12.2. The highest BCUT2D eigenvalue weighted by molar-refractivity contribution is 6.30. The summed E-state index contributed by atoms with van der Waals surface area (Å²) in [6.45, 7) is 5.98. The monoisotopic (exact) mass is 448 g/mol. The van der Waals surface area contributed by atoms with E-state index in [9.17, 15) is 4.79 Å². The lowest BCUT2D eigenvalue weighted by atomic mass is 10.2. The summed E-state index contributed by atoms with van der Waals surface area (Å²) >= 11 is 5.93. The van der Waals surface area contributed by atoms with E-state index in [4.69, 9.17) is 16.3 Å². The van der Waals surface area contributed by atoms with Crippen LogP contribution in [0.2, 0.25) is 5.02 Å². The summed E-state index contributed by atoms with van der Waals surface area (Å²) in [5.74, 6) is 1.58. The molecule has 162 valence electrons. The van der Waals surface area contributed by atoms with E-state index in [0.29, 0.717) is 33.8 Å². The second-order valence-corrected chi connectivity index (χ2v) is 7.57. The van der Waals surface area contributed by atoms with E-state index in [0.717, 1.165) is 17.0 Å². The van der Waals surface area contributed by atoms with Gasteiger partial charge in [0.25, 0.3) is 0 Å². The van der Waals surface area contributed by atoms with Gasteiger partial charge < -0.3 is 15.4 Å². The minimum absolute atomic E-state index is 0.374. The maximum Gasteiger partial charge on any atom is 0.323 e. The van der Waals surface area contributed by atoms with E-state index in [1.165, 1.54) is 6.33 Å². The fourth-order valence-electron chi connectivity index (χ4n) is 3.03. The van der Waals surface area contributed by atoms with Crippen LogP contribution in [0, 0.1) is 20.8 Å². The number of nitrogens with zero attached hydrogens (tertiary/aromatic N) is 4. The van der Waals surface area contributed by atoms with Crippen molar-refractivity contribution in [1.29, 1.82) is 0 Å². The molecule has 0 unspecified atom stereocenters. The molecular weight excluding hydrogens is 428 g/mol. The van der Waals surface area contributed by atoms with Gasteiger partial charge in [-0.3, -0.25) is 0 Å². The molecule has 0 spiro atoms. The zero-order valence-electron chi connectivity index (χ0n) is 17.8. The Bertz CT molecular complexity index is 1270. The van der Waals surface area contributed by atoms with Gasteiger partial charge in [-0.15, -0.1) is 0 Å². The SMILES string of the molecule is Cc1nn(-c2cc(Oc3ccc(NC(=O)Nc4cccc(Cl)c4)cc3)ncn2)c(C)c1C. The Labute approximate surface area is 190 Å². The van der Waals surface area contributed by atoms with Crippen molar-refractivity contribution in [1.82, 2.24) is 19.7 Å². The number of rotatable bonds is 5. The number of benzene rings is 2. The molecule has 0 bridgehead atoms. The molecule has 4 aromatic rings. The molecule has 2 amide bonds. The number of carbonyl (C=O) groups excluding carboxylic acids is 1. The van der Waals surface area contributed by atoms with E-state index >= 15 is 0 Å². The Balaban J connectivity index is 1.41. The number of carbonyl (C=O) groups is 1. The van der Waals surface area contributed by atoms with Gasteiger partial charge in [-0.25, -0.2) is 19.4 Å². The number of nitrogens with one attached hydrogen (secondary N) is 2. The van der Waals surface area contributed by atoms with Crippen molar-refractivity contribution in [2.75, 3.05) is 10.6 Å². The quantitative estimate of drug-likeness (QED) is 0.409. The van der Waals surface area contributed by atoms with E-state index in [1.54, 1.807) is 59.3 Å². The van der Waals surface area contributed by atoms with Crippen molar-refractivity contribution >= 4 is 29.0 Å². The molecule has 0 aliphatic carbocycles. The highest BCUT2D eigenvalue weighted by atomic mass is 35.5. The lowest BCUT2D eigenvalue weighted by Gasteiger charge is -2.10. The smallest absolute Gasteiger partial charge is 0.323 e. The van der Waals surface area contributed by atoms with Crippen LogP contribution in [0.25, 0.3) is 5.82 Å². The van der Waals surface area contributed by atoms with Crippen molar-refractivity contribution in [3.63, 3.8) is 0 Å². The van der Waals surface area contributed by atoms with Crippen LogP contribution in [-0.4, -0.2) is 25.8 Å². The summed E-state index contributed by atoms with van der Waals surface area (Å²) in [6, 6.07) is 15.2. The van der Waals surface area contributed by atoms with Crippen LogP contribution in [0.1, 0.15) is 17.0 Å². The van der Waals surface area contributed by atoms with Gasteiger partial charge in [0.2, 0.25) is 5.88 Å². The molecule has 0 radical (unpaired) electrons. The zero-order valence-corrected chi connectivity index (χ0v) is 18.5. The number of anilines is 2. The fraction of sp³-hybridized carbons (Fsp3) is 0.130. The Hall–Kier alpha value is -3.91. The van der Waals surface area contributed by atoms with Crippen molar-refractivity contribution in [2.24, 2.45) is 0 Å². The standard InChI is InChI=1S/C23H21ClN6O2/c1-14-15(2)29-30(16(14)3)21-12-22(26-13-25-21)32-20-9-7-18(8-10-20)27-23(31)28-19-6-4-5-17(24)11-19/h4-13H,1-3H3,(H2,27,28,31). The van der Waals surface area contributed by atoms with Gasteiger partial charge in [-0.2, -0.15) is 5.10 Å². The van der Waals surface area contributed by atoms with Crippen molar-refractivity contribution < 1.29 is 9.53 Å². The number of hydrogen-bond acceptors (Lipinski definition) is 5. The molecule has 2 aromatic heterocycles. The molecule has 2 N–H and O–H groups in total. The molecule has 8 nitrogen and oxygen atoms in total. The number of aromatic nitrogens is 4. The molecule has 2 aromatic carbocycles. The van der Waals surface area contributed by atoms with Gasteiger partial charge in [0.1, 0.15) is 12.1 Å². The summed E-state index contributed by atoms with van der Waals surface area (Å²) < 4.78 is 7.62. The summed E-state index contributed by atoms with van der Waals surface area (Å²) in [4.78, 5) is 20.7. The zero-order chi connectivity index (χ0) is 22.7. The number of hydrogen-bond donors (Lipinski definition) is 2. The molecule has 2 heterocycles. The molecule has 0 saturated heterocycles.